The lowest BCUT2D eigenvalue weighted by Crippen LogP contribution is -2.37. The highest BCUT2D eigenvalue weighted by Gasteiger charge is 2.21. The van der Waals surface area contributed by atoms with Crippen molar-refractivity contribution in [2.45, 2.75) is 6.54 Å². The summed E-state index contributed by atoms with van der Waals surface area (Å²) in [7, 11) is 5.53. The summed E-state index contributed by atoms with van der Waals surface area (Å²) < 4.78 is 13.8. The van der Waals surface area contributed by atoms with E-state index in [4.69, 9.17) is 9.47 Å². The number of carbonyl (C=O) groups is 1. The van der Waals surface area contributed by atoms with Gasteiger partial charge in [0.2, 0.25) is 5.95 Å². The number of imidazole rings is 1. The zero-order valence-corrected chi connectivity index (χ0v) is 17.8. The highest BCUT2D eigenvalue weighted by atomic mass is 16.5. The molecule has 13 nitrogen and oxygen atoms in total. The lowest BCUT2D eigenvalue weighted by atomic mass is 10.1. The number of nitrogens with one attached hydrogen (secondary N) is 1. The first-order valence-corrected chi connectivity index (χ1v) is 9.31. The fourth-order valence-electron chi connectivity index (χ4n) is 3.28. The Labute approximate surface area is 180 Å². The third-order valence-corrected chi connectivity index (χ3v) is 4.83. The molecule has 2 aromatic heterocycles. The van der Waals surface area contributed by atoms with Crippen LogP contribution in [0.15, 0.2) is 26.8 Å². The molecule has 0 saturated carbocycles. The van der Waals surface area contributed by atoms with E-state index < -0.39 is 17.2 Å². The molecule has 3 rings (SSSR count). The summed E-state index contributed by atoms with van der Waals surface area (Å²) in [6, 6.07) is 3.03. The van der Waals surface area contributed by atoms with E-state index in [0.29, 0.717) is 0 Å². The monoisotopic (exact) mass is 446 g/mol. The van der Waals surface area contributed by atoms with E-state index in [-0.39, 0.29) is 52.9 Å². The maximum atomic E-state index is 12.6. The number of fused-ring (bicyclic) bond motifs is 1. The van der Waals surface area contributed by atoms with E-state index in [1.54, 1.807) is 0 Å². The van der Waals surface area contributed by atoms with Gasteiger partial charge in [-0.15, -0.1) is 0 Å². The van der Waals surface area contributed by atoms with Crippen LogP contribution in [0, 0.1) is 0 Å². The van der Waals surface area contributed by atoms with Gasteiger partial charge in [0.15, 0.2) is 22.7 Å². The molecule has 3 aromatic rings. The second-order valence-electron chi connectivity index (χ2n) is 6.63. The molecule has 0 bridgehead atoms. The highest BCUT2D eigenvalue weighted by Crippen LogP contribution is 2.33. The summed E-state index contributed by atoms with van der Waals surface area (Å²) in [6.45, 7) is -0.285. The number of aliphatic hydroxyl groups excluding tert-OH is 1. The molecule has 0 saturated heterocycles. The van der Waals surface area contributed by atoms with Crippen molar-refractivity contribution in [1.82, 2.24) is 18.7 Å². The Morgan fingerprint density at radius 1 is 1.22 bits per heavy atom. The normalized spacial score (nSPS) is 11.3. The Balaban J connectivity index is 2.09. The first-order chi connectivity index (χ1) is 15.3. The molecular formula is C19H22N6O7. The number of hydrogen-bond donors (Lipinski definition) is 3. The quantitative estimate of drug-likeness (QED) is 0.308. The van der Waals surface area contributed by atoms with E-state index >= 15 is 0 Å². The summed E-state index contributed by atoms with van der Waals surface area (Å²) in [5.41, 5.74) is 1.80. The summed E-state index contributed by atoms with van der Waals surface area (Å²) in [5, 5.41) is 23.1. The number of anilines is 1. The summed E-state index contributed by atoms with van der Waals surface area (Å²) in [6.07, 6.45) is 1.24. The fourth-order valence-corrected chi connectivity index (χ4v) is 3.28. The van der Waals surface area contributed by atoms with Gasteiger partial charge in [0.1, 0.15) is 5.56 Å². The van der Waals surface area contributed by atoms with Crippen LogP contribution in [0.2, 0.25) is 0 Å². The Kier molecular flexibility index (Phi) is 6.30. The summed E-state index contributed by atoms with van der Waals surface area (Å²) >= 11 is 0. The number of carboxylic acids is 1. The topological polar surface area (TPSA) is 162 Å². The van der Waals surface area contributed by atoms with Crippen molar-refractivity contribution in [3.05, 3.63) is 44.1 Å². The van der Waals surface area contributed by atoms with E-state index in [1.165, 1.54) is 55.8 Å². The molecule has 0 amide bonds. The van der Waals surface area contributed by atoms with Gasteiger partial charge < -0.3 is 24.3 Å². The molecule has 2 heterocycles. The zero-order chi connectivity index (χ0) is 23.6. The second kappa shape index (κ2) is 8.93. The number of aromatic carboxylic acids is 1. The van der Waals surface area contributed by atoms with Crippen LogP contribution >= 0.6 is 0 Å². The molecule has 0 aliphatic heterocycles. The number of ether oxygens (including phenoxy) is 2. The van der Waals surface area contributed by atoms with Crippen molar-refractivity contribution in [3.8, 4) is 11.5 Å². The maximum absolute atomic E-state index is 12.6. The third kappa shape index (κ3) is 3.69. The molecule has 0 unspecified atom stereocenters. The molecule has 0 fully saturated rings. The fraction of sp³-hybridized carbons (Fsp3) is 0.316. The van der Waals surface area contributed by atoms with Gasteiger partial charge in [0.25, 0.3) is 5.56 Å². The molecule has 0 aliphatic rings. The molecule has 0 radical (unpaired) electrons. The summed E-state index contributed by atoms with van der Waals surface area (Å²) in [4.78, 5) is 40.8. The molecule has 1 aromatic carbocycles. The van der Waals surface area contributed by atoms with Crippen LogP contribution in [0.3, 0.4) is 0 Å². The minimum Gasteiger partial charge on any atom is -0.493 e. The molecule has 170 valence electrons. The number of hydrogen-bond acceptors (Lipinski definition) is 9. The molecule has 0 atom stereocenters. The number of rotatable bonds is 8. The average molecular weight is 446 g/mol. The number of aryl methyl sites for hydroxylation is 1. The van der Waals surface area contributed by atoms with Gasteiger partial charge >= 0.3 is 11.7 Å². The van der Waals surface area contributed by atoms with Crippen molar-refractivity contribution < 1.29 is 24.5 Å². The molecule has 13 heteroatoms. The van der Waals surface area contributed by atoms with E-state index in [2.05, 4.69) is 15.5 Å². The average Bonchev–Trinajstić information content (AvgIpc) is 3.14. The van der Waals surface area contributed by atoms with Gasteiger partial charge in [-0.3, -0.25) is 13.9 Å². The minimum absolute atomic E-state index is 0.0124. The van der Waals surface area contributed by atoms with Gasteiger partial charge in [0, 0.05) is 26.2 Å². The van der Waals surface area contributed by atoms with Crippen molar-refractivity contribution >= 4 is 29.3 Å². The number of benzene rings is 1. The SMILES string of the molecule is COc1ccc(C=NNc2nc3c(c(=O)n(C)c(=O)n3C)n2CCO)c(C(=O)O)c1OC. The second-order valence-corrected chi connectivity index (χ2v) is 6.63. The standard InChI is InChI=1S/C19H22N6O7/c1-23-15-13(16(27)24(2)19(23)30)25(7-8-26)18(21-15)22-20-9-10-5-6-11(31-3)14(32-4)12(10)17(28)29/h5-6,9,26H,7-8H2,1-4H3,(H,21,22)(H,28,29). The van der Waals surface area contributed by atoms with Crippen molar-refractivity contribution in [1.29, 1.82) is 0 Å². The van der Waals surface area contributed by atoms with Gasteiger partial charge in [-0.1, -0.05) is 0 Å². The number of methoxy groups -OCH3 is 2. The van der Waals surface area contributed by atoms with Gasteiger partial charge in [-0.05, 0) is 12.1 Å². The molecule has 0 aliphatic carbocycles. The van der Waals surface area contributed by atoms with E-state index in [1.807, 2.05) is 0 Å². The summed E-state index contributed by atoms with van der Waals surface area (Å²) in [5.74, 6) is -0.874. The number of aromatic nitrogens is 4. The van der Waals surface area contributed by atoms with Gasteiger partial charge in [0.05, 0.1) is 27.0 Å². The number of nitrogens with zero attached hydrogens (tertiary/aromatic N) is 5. The Bertz CT molecular complexity index is 1330. The number of hydrazone groups is 1. The van der Waals surface area contributed by atoms with Crippen molar-refractivity contribution in [3.63, 3.8) is 0 Å². The predicted octanol–water partition coefficient (Wildman–Crippen LogP) is -0.413. The third-order valence-electron chi connectivity index (χ3n) is 4.83. The van der Waals surface area contributed by atoms with Crippen LogP contribution < -0.4 is 26.1 Å². The van der Waals surface area contributed by atoms with E-state index in [0.717, 1.165) is 4.57 Å². The zero-order valence-electron chi connectivity index (χ0n) is 17.8. The Hall–Kier alpha value is -4.13. The Morgan fingerprint density at radius 3 is 2.53 bits per heavy atom. The molecular weight excluding hydrogens is 424 g/mol. The first kappa shape index (κ1) is 22.6. The van der Waals surface area contributed by atoms with E-state index in [9.17, 15) is 24.6 Å². The largest absolute Gasteiger partial charge is 0.493 e. The van der Waals surface area contributed by atoms with Crippen molar-refractivity contribution in [2.24, 2.45) is 19.2 Å². The van der Waals surface area contributed by atoms with Crippen LogP contribution in [-0.4, -0.2) is 61.9 Å². The predicted molar refractivity (Wildman–Crippen MR) is 115 cm³/mol. The van der Waals surface area contributed by atoms with Crippen molar-refractivity contribution in [2.75, 3.05) is 26.3 Å². The lowest BCUT2D eigenvalue weighted by molar-refractivity contribution is 0.0692. The molecule has 0 spiro atoms. The maximum Gasteiger partial charge on any atom is 0.340 e. The Morgan fingerprint density at radius 2 is 1.94 bits per heavy atom. The van der Waals surface area contributed by atoms with Crippen LogP contribution in [-0.2, 0) is 20.6 Å². The first-order valence-electron chi connectivity index (χ1n) is 9.31. The van der Waals surface area contributed by atoms with Crippen LogP contribution in [0.5, 0.6) is 11.5 Å². The van der Waals surface area contributed by atoms with Crippen LogP contribution in [0.25, 0.3) is 11.2 Å². The molecule has 32 heavy (non-hydrogen) atoms. The van der Waals surface area contributed by atoms with Crippen LogP contribution in [0.1, 0.15) is 15.9 Å². The lowest BCUT2D eigenvalue weighted by Gasteiger charge is -2.12. The smallest absolute Gasteiger partial charge is 0.340 e. The minimum atomic E-state index is -1.24. The van der Waals surface area contributed by atoms with Crippen LogP contribution in [0.4, 0.5) is 5.95 Å². The highest BCUT2D eigenvalue weighted by molar-refractivity contribution is 6.02. The molecule has 3 N–H and O–H groups in total. The number of aliphatic hydroxyl groups is 1. The number of carboxylic acid groups (broad SMARTS) is 1. The van der Waals surface area contributed by atoms with Gasteiger partial charge in [-0.2, -0.15) is 10.1 Å². The van der Waals surface area contributed by atoms with Gasteiger partial charge in [-0.25, -0.2) is 15.0 Å².